The first-order valence-electron chi connectivity index (χ1n) is 8.49. The van der Waals surface area contributed by atoms with Crippen molar-refractivity contribution >= 4 is 28.9 Å². The largest absolute Gasteiger partial charge is 0.462 e. The highest BCUT2D eigenvalue weighted by Crippen LogP contribution is 2.29. The van der Waals surface area contributed by atoms with Crippen molar-refractivity contribution in [3.63, 3.8) is 0 Å². The van der Waals surface area contributed by atoms with Crippen molar-refractivity contribution in [2.24, 2.45) is 0 Å². The third-order valence-corrected chi connectivity index (χ3v) is 4.91. The number of anilines is 1. The second-order valence-corrected chi connectivity index (χ2v) is 7.06. The number of rotatable bonds is 8. The average molecular weight is 358 g/mol. The maximum Gasteiger partial charge on any atom is 0.340 e. The number of para-hydroxylation sites is 1. The molecule has 5 nitrogen and oxygen atoms in total. The van der Waals surface area contributed by atoms with E-state index in [9.17, 15) is 9.59 Å². The van der Waals surface area contributed by atoms with Crippen LogP contribution in [0, 0.1) is 0 Å². The molecule has 0 radical (unpaired) electrons. The van der Waals surface area contributed by atoms with Crippen molar-refractivity contribution in [3.8, 4) is 0 Å². The number of ether oxygens (including phenoxy) is 1. The van der Waals surface area contributed by atoms with E-state index in [2.05, 4.69) is 21.7 Å². The van der Waals surface area contributed by atoms with Crippen LogP contribution in [0.3, 0.4) is 0 Å². The van der Waals surface area contributed by atoms with Crippen LogP contribution in [0.5, 0.6) is 0 Å². The van der Waals surface area contributed by atoms with E-state index in [1.54, 1.807) is 42.5 Å². The topological polar surface area (TPSA) is 58.6 Å². The van der Waals surface area contributed by atoms with Gasteiger partial charge >= 0.3 is 5.97 Å². The Morgan fingerprint density at radius 1 is 1.24 bits per heavy atom. The van der Waals surface area contributed by atoms with Crippen molar-refractivity contribution in [2.75, 3.05) is 18.5 Å². The minimum Gasteiger partial charge on any atom is -0.462 e. The number of thiophene rings is 1. The zero-order chi connectivity index (χ0) is 17.6. The van der Waals surface area contributed by atoms with Crippen LogP contribution in [0.15, 0.2) is 41.8 Å². The molecule has 0 saturated heterocycles. The van der Waals surface area contributed by atoms with E-state index < -0.39 is 5.97 Å². The lowest BCUT2D eigenvalue weighted by molar-refractivity contribution is -0.117. The van der Waals surface area contributed by atoms with E-state index in [0.717, 1.165) is 19.4 Å². The van der Waals surface area contributed by atoms with E-state index in [1.165, 1.54) is 4.88 Å². The molecule has 25 heavy (non-hydrogen) atoms. The maximum absolute atomic E-state index is 12.5. The Morgan fingerprint density at radius 2 is 2.04 bits per heavy atom. The van der Waals surface area contributed by atoms with Crippen molar-refractivity contribution in [1.82, 2.24) is 4.90 Å². The van der Waals surface area contributed by atoms with E-state index in [-0.39, 0.29) is 5.91 Å². The van der Waals surface area contributed by atoms with Crippen LogP contribution in [0.1, 0.15) is 35.0 Å². The quantitative estimate of drug-likeness (QED) is 0.734. The summed E-state index contributed by atoms with van der Waals surface area (Å²) in [6, 6.07) is 11.5. The Balaban J connectivity index is 1.64. The SMILES string of the molecule is CCOC(=O)c1ccccc1NC(=O)CN(Cc1cccs1)C1CC1. The zero-order valence-electron chi connectivity index (χ0n) is 14.2. The van der Waals surface area contributed by atoms with Crippen LogP contribution < -0.4 is 5.32 Å². The van der Waals surface area contributed by atoms with Gasteiger partial charge < -0.3 is 10.1 Å². The summed E-state index contributed by atoms with van der Waals surface area (Å²) in [5, 5.41) is 4.92. The number of esters is 1. The third kappa shape index (κ3) is 4.90. The molecule has 0 spiro atoms. The van der Waals surface area contributed by atoms with E-state index in [4.69, 9.17) is 4.74 Å². The summed E-state index contributed by atoms with van der Waals surface area (Å²) in [6.45, 7) is 3.17. The molecular weight excluding hydrogens is 336 g/mol. The summed E-state index contributed by atoms with van der Waals surface area (Å²) in [7, 11) is 0. The van der Waals surface area contributed by atoms with Gasteiger partial charge in [0.15, 0.2) is 0 Å². The molecule has 0 unspecified atom stereocenters. The van der Waals surface area contributed by atoms with Gasteiger partial charge in [-0.3, -0.25) is 9.69 Å². The Bertz CT molecular complexity index is 726. The summed E-state index contributed by atoms with van der Waals surface area (Å²) in [5.41, 5.74) is 0.881. The van der Waals surface area contributed by atoms with Gasteiger partial charge in [-0.2, -0.15) is 0 Å². The van der Waals surface area contributed by atoms with Crippen molar-refractivity contribution < 1.29 is 14.3 Å². The highest BCUT2D eigenvalue weighted by Gasteiger charge is 2.30. The van der Waals surface area contributed by atoms with Gasteiger partial charge in [0.25, 0.3) is 0 Å². The van der Waals surface area contributed by atoms with Gasteiger partial charge in [0.05, 0.1) is 24.4 Å². The molecule has 1 saturated carbocycles. The third-order valence-electron chi connectivity index (χ3n) is 4.05. The number of benzene rings is 1. The molecule has 6 heteroatoms. The molecule has 1 aromatic heterocycles. The minimum absolute atomic E-state index is 0.111. The lowest BCUT2D eigenvalue weighted by atomic mass is 10.2. The molecule has 1 aliphatic carbocycles. The number of nitrogens with one attached hydrogen (secondary N) is 1. The van der Waals surface area contributed by atoms with Gasteiger partial charge in [-0.15, -0.1) is 11.3 Å². The highest BCUT2D eigenvalue weighted by atomic mass is 32.1. The molecule has 1 aliphatic rings. The van der Waals surface area contributed by atoms with E-state index >= 15 is 0 Å². The van der Waals surface area contributed by atoms with Crippen molar-refractivity contribution in [2.45, 2.75) is 32.4 Å². The average Bonchev–Trinajstić information content (AvgIpc) is 3.32. The number of nitrogens with zero attached hydrogens (tertiary/aromatic N) is 1. The van der Waals surface area contributed by atoms with Gasteiger partial charge in [-0.05, 0) is 43.3 Å². The normalized spacial score (nSPS) is 13.7. The van der Waals surface area contributed by atoms with Crippen LogP contribution >= 0.6 is 11.3 Å². The second-order valence-electron chi connectivity index (χ2n) is 6.03. The van der Waals surface area contributed by atoms with Crippen LogP contribution in [-0.2, 0) is 16.1 Å². The second kappa shape index (κ2) is 8.27. The fraction of sp³-hybridized carbons (Fsp3) is 0.368. The molecule has 3 rings (SSSR count). The minimum atomic E-state index is -0.420. The van der Waals surface area contributed by atoms with Crippen LogP contribution in [0.4, 0.5) is 5.69 Å². The Kier molecular flexibility index (Phi) is 5.83. The summed E-state index contributed by atoms with van der Waals surface area (Å²) in [4.78, 5) is 28.0. The molecule has 1 heterocycles. The molecular formula is C19H22N2O3S. The van der Waals surface area contributed by atoms with Crippen LogP contribution in [0.2, 0.25) is 0 Å². The standard InChI is InChI=1S/C19H22N2O3S/c1-2-24-19(23)16-7-3-4-8-17(16)20-18(22)13-21(14-9-10-14)12-15-6-5-11-25-15/h3-8,11,14H,2,9-10,12-13H2,1H3,(H,20,22). The van der Waals surface area contributed by atoms with Gasteiger partial charge in [-0.1, -0.05) is 18.2 Å². The number of hydrogen-bond acceptors (Lipinski definition) is 5. The van der Waals surface area contributed by atoms with Gasteiger partial charge in [0, 0.05) is 17.5 Å². The first-order valence-corrected chi connectivity index (χ1v) is 9.37. The van der Waals surface area contributed by atoms with Crippen LogP contribution in [-0.4, -0.2) is 36.0 Å². The molecule has 0 atom stereocenters. The molecule has 1 aromatic carbocycles. The molecule has 1 fully saturated rings. The number of carbonyl (C=O) groups excluding carboxylic acids is 2. The van der Waals surface area contributed by atoms with Gasteiger partial charge in [0.2, 0.25) is 5.91 Å². The number of carbonyl (C=O) groups is 2. The fourth-order valence-corrected chi connectivity index (χ4v) is 3.44. The summed E-state index contributed by atoms with van der Waals surface area (Å²) in [6.07, 6.45) is 2.27. The first kappa shape index (κ1) is 17.6. The fourth-order valence-electron chi connectivity index (χ4n) is 2.71. The Morgan fingerprint density at radius 3 is 2.72 bits per heavy atom. The van der Waals surface area contributed by atoms with Gasteiger partial charge in [-0.25, -0.2) is 4.79 Å². The van der Waals surface area contributed by atoms with Gasteiger partial charge in [0.1, 0.15) is 0 Å². The smallest absolute Gasteiger partial charge is 0.340 e. The van der Waals surface area contributed by atoms with E-state index in [0.29, 0.717) is 30.4 Å². The molecule has 132 valence electrons. The number of amides is 1. The monoisotopic (exact) mass is 358 g/mol. The molecule has 0 bridgehead atoms. The first-order chi connectivity index (χ1) is 12.2. The Labute approximate surface area is 151 Å². The molecule has 0 aliphatic heterocycles. The molecule has 2 aromatic rings. The van der Waals surface area contributed by atoms with Crippen molar-refractivity contribution in [1.29, 1.82) is 0 Å². The maximum atomic E-state index is 12.5. The zero-order valence-corrected chi connectivity index (χ0v) is 15.1. The predicted octanol–water partition coefficient (Wildman–Crippen LogP) is 3.53. The predicted molar refractivity (Wildman–Crippen MR) is 98.8 cm³/mol. The molecule has 1 N–H and O–H groups in total. The lowest BCUT2D eigenvalue weighted by Gasteiger charge is -2.21. The lowest BCUT2D eigenvalue weighted by Crippen LogP contribution is -2.34. The molecule has 1 amide bonds. The summed E-state index contributed by atoms with van der Waals surface area (Å²) in [5.74, 6) is -0.531. The highest BCUT2D eigenvalue weighted by molar-refractivity contribution is 7.09. The number of hydrogen-bond donors (Lipinski definition) is 1. The summed E-state index contributed by atoms with van der Waals surface area (Å²) < 4.78 is 5.05. The summed E-state index contributed by atoms with van der Waals surface area (Å²) >= 11 is 1.70. The van der Waals surface area contributed by atoms with Crippen molar-refractivity contribution in [3.05, 3.63) is 52.2 Å². The Hall–Kier alpha value is -2.18. The van der Waals surface area contributed by atoms with Crippen LogP contribution in [0.25, 0.3) is 0 Å². The van der Waals surface area contributed by atoms with E-state index in [1.807, 2.05) is 6.07 Å².